The molecule has 2 aromatic heterocycles. The summed E-state index contributed by atoms with van der Waals surface area (Å²) in [7, 11) is 0. The summed E-state index contributed by atoms with van der Waals surface area (Å²) in [6.07, 6.45) is 9.83. The lowest BCUT2D eigenvalue weighted by Crippen LogP contribution is -2.16. The monoisotopic (exact) mass is 215 g/mol. The van der Waals surface area contributed by atoms with Crippen molar-refractivity contribution in [2.45, 2.75) is 25.4 Å². The number of hydrogen-bond donors (Lipinski definition) is 1. The van der Waals surface area contributed by atoms with Crippen molar-refractivity contribution < 1.29 is 0 Å². The van der Waals surface area contributed by atoms with Gasteiger partial charge in [-0.1, -0.05) is 0 Å². The highest BCUT2D eigenvalue weighted by Crippen LogP contribution is 2.19. The molecule has 0 atom stereocenters. The standard InChI is InChI=1S/C11H13N5/c1-4-15-16(5-1)11-13-7-9(8-14-11)6-12-10-2-3-10/h1,4-5,7-8,10,12H,2-3,6H2. The lowest BCUT2D eigenvalue weighted by atomic mass is 10.3. The van der Waals surface area contributed by atoms with Crippen LogP contribution in [0.15, 0.2) is 30.9 Å². The SMILES string of the molecule is c1cnn(-c2ncc(CNC3CC3)cn2)c1. The molecule has 0 saturated heterocycles. The second-order valence-corrected chi connectivity index (χ2v) is 4.00. The van der Waals surface area contributed by atoms with Crippen molar-refractivity contribution in [2.75, 3.05) is 0 Å². The van der Waals surface area contributed by atoms with Crippen molar-refractivity contribution in [3.05, 3.63) is 36.4 Å². The van der Waals surface area contributed by atoms with Gasteiger partial charge in [-0.15, -0.1) is 0 Å². The number of rotatable bonds is 4. The van der Waals surface area contributed by atoms with E-state index in [4.69, 9.17) is 0 Å². The van der Waals surface area contributed by atoms with Crippen LogP contribution in [-0.4, -0.2) is 25.8 Å². The molecule has 82 valence electrons. The average Bonchev–Trinajstić information content (AvgIpc) is 3.00. The predicted octanol–water partition coefficient (Wildman–Crippen LogP) is 0.914. The zero-order valence-corrected chi connectivity index (χ0v) is 8.87. The van der Waals surface area contributed by atoms with Crippen LogP contribution in [0.3, 0.4) is 0 Å². The van der Waals surface area contributed by atoms with Crippen molar-refractivity contribution in [1.82, 2.24) is 25.1 Å². The van der Waals surface area contributed by atoms with Crippen LogP contribution in [-0.2, 0) is 6.54 Å². The molecular formula is C11H13N5. The number of nitrogens with one attached hydrogen (secondary N) is 1. The quantitative estimate of drug-likeness (QED) is 0.823. The summed E-state index contributed by atoms with van der Waals surface area (Å²) in [6.45, 7) is 0.851. The van der Waals surface area contributed by atoms with Gasteiger partial charge in [0.1, 0.15) is 0 Å². The van der Waals surface area contributed by atoms with Crippen molar-refractivity contribution in [1.29, 1.82) is 0 Å². The lowest BCUT2D eigenvalue weighted by Gasteiger charge is -2.03. The normalized spacial score (nSPS) is 15.2. The lowest BCUT2D eigenvalue weighted by molar-refractivity contribution is 0.680. The molecule has 1 aliphatic rings. The molecule has 2 aromatic rings. The molecule has 0 radical (unpaired) electrons. The highest BCUT2D eigenvalue weighted by atomic mass is 15.3. The average molecular weight is 215 g/mol. The van der Waals surface area contributed by atoms with E-state index in [0.29, 0.717) is 12.0 Å². The van der Waals surface area contributed by atoms with Gasteiger partial charge in [-0.2, -0.15) is 5.10 Å². The molecule has 1 aliphatic carbocycles. The summed E-state index contributed by atoms with van der Waals surface area (Å²) in [5.41, 5.74) is 1.11. The Labute approximate surface area is 93.5 Å². The minimum atomic E-state index is 0.611. The summed E-state index contributed by atoms with van der Waals surface area (Å²) in [5, 5.41) is 7.50. The first kappa shape index (κ1) is 9.47. The highest BCUT2D eigenvalue weighted by molar-refractivity contribution is 5.13. The van der Waals surface area contributed by atoms with E-state index in [1.54, 1.807) is 10.9 Å². The van der Waals surface area contributed by atoms with Crippen molar-refractivity contribution in [3.8, 4) is 5.95 Å². The smallest absolute Gasteiger partial charge is 0.250 e. The molecule has 0 amide bonds. The first-order valence-corrected chi connectivity index (χ1v) is 5.46. The van der Waals surface area contributed by atoms with E-state index in [2.05, 4.69) is 20.4 Å². The Kier molecular flexibility index (Phi) is 2.38. The molecule has 1 N–H and O–H groups in total. The fourth-order valence-electron chi connectivity index (χ4n) is 1.49. The van der Waals surface area contributed by atoms with E-state index in [9.17, 15) is 0 Å². The van der Waals surface area contributed by atoms with Gasteiger partial charge in [-0.3, -0.25) is 0 Å². The molecule has 5 heteroatoms. The maximum atomic E-state index is 4.27. The van der Waals surface area contributed by atoms with Crippen LogP contribution >= 0.6 is 0 Å². The third-order valence-electron chi connectivity index (χ3n) is 2.57. The first-order chi connectivity index (χ1) is 7.92. The fourth-order valence-corrected chi connectivity index (χ4v) is 1.49. The second-order valence-electron chi connectivity index (χ2n) is 4.00. The second kappa shape index (κ2) is 4.02. The molecule has 16 heavy (non-hydrogen) atoms. The first-order valence-electron chi connectivity index (χ1n) is 5.46. The Hall–Kier alpha value is -1.75. The maximum Gasteiger partial charge on any atom is 0.250 e. The minimum absolute atomic E-state index is 0.611. The van der Waals surface area contributed by atoms with Crippen LogP contribution in [0.1, 0.15) is 18.4 Å². The Morgan fingerprint density at radius 3 is 2.75 bits per heavy atom. The third-order valence-corrected chi connectivity index (χ3v) is 2.57. The van der Waals surface area contributed by atoms with E-state index in [0.717, 1.165) is 12.1 Å². The van der Waals surface area contributed by atoms with Crippen LogP contribution in [0.2, 0.25) is 0 Å². The molecule has 0 unspecified atom stereocenters. The Bertz CT molecular complexity index is 444. The van der Waals surface area contributed by atoms with Crippen molar-refractivity contribution in [2.24, 2.45) is 0 Å². The summed E-state index contributed by atoms with van der Waals surface area (Å²) in [5.74, 6) is 0.611. The maximum absolute atomic E-state index is 4.27. The van der Waals surface area contributed by atoms with E-state index in [1.807, 2.05) is 24.7 Å². The van der Waals surface area contributed by atoms with Crippen LogP contribution in [0.25, 0.3) is 5.95 Å². The van der Waals surface area contributed by atoms with E-state index in [-0.39, 0.29) is 0 Å². The van der Waals surface area contributed by atoms with Crippen LogP contribution in [0.5, 0.6) is 0 Å². The molecule has 2 heterocycles. The van der Waals surface area contributed by atoms with Crippen molar-refractivity contribution >= 4 is 0 Å². The molecule has 1 fully saturated rings. The van der Waals surface area contributed by atoms with Gasteiger partial charge in [0, 0.05) is 42.9 Å². The van der Waals surface area contributed by atoms with Crippen LogP contribution in [0, 0.1) is 0 Å². The van der Waals surface area contributed by atoms with E-state index in [1.165, 1.54) is 12.8 Å². The summed E-state index contributed by atoms with van der Waals surface area (Å²) in [4.78, 5) is 8.54. The van der Waals surface area contributed by atoms with Crippen LogP contribution in [0.4, 0.5) is 0 Å². The Morgan fingerprint density at radius 1 is 1.31 bits per heavy atom. The number of hydrogen-bond acceptors (Lipinski definition) is 4. The van der Waals surface area contributed by atoms with Gasteiger partial charge in [-0.05, 0) is 18.9 Å². The summed E-state index contributed by atoms with van der Waals surface area (Å²) < 4.78 is 1.65. The zero-order valence-electron chi connectivity index (χ0n) is 8.87. The molecular weight excluding hydrogens is 202 g/mol. The van der Waals surface area contributed by atoms with Gasteiger partial charge in [0.05, 0.1) is 0 Å². The molecule has 5 nitrogen and oxygen atoms in total. The van der Waals surface area contributed by atoms with Gasteiger partial charge < -0.3 is 5.32 Å². The van der Waals surface area contributed by atoms with Gasteiger partial charge in [0.25, 0.3) is 0 Å². The fraction of sp³-hybridized carbons (Fsp3) is 0.364. The molecule has 0 bridgehead atoms. The zero-order chi connectivity index (χ0) is 10.8. The molecule has 0 aliphatic heterocycles. The summed E-state index contributed by atoms with van der Waals surface area (Å²) in [6, 6.07) is 2.57. The van der Waals surface area contributed by atoms with Crippen LogP contribution < -0.4 is 5.32 Å². The third kappa shape index (κ3) is 2.09. The van der Waals surface area contributed by atoms with Gasteiger partial charge in [0.15, 0.2) is 0 Å². The minimum Gasteiger partial charge on any atom is -0.310 e. The van der Waals surface area contributed by atoms with Gasteiger partial charge in [-0.25, -0.2) is 14.6 Å². The molecule has 0 spiro atoms. The van der Waals surface area contributed by atoms with Gasteiger partial charge >= 0.3 is 0 Å². The highest BCUT2D eigenvalue weighted by Gasteiger charge is 2.19. The van der Waals surface area contributed by atoms with Crippen molar-refractivity contribution in [3.63, 3.8) is 0 Å². The Morgan fingerprint density at radius 2 is 2.12 bits per heavy atom. The number of aromatic nitrogens is 4. The number of nitrogens with zero attached hydrogens (tertiary/aromatic N) is 4. The summed E-state index contributed by atoms with van der Waals surface area (Å²) >= 11 is 0. The molecule has 0 aromatic carbocycles. The molecule has 3 rings (SSSR count). The van der Waals surface area contributed by atoms with E-state index >= 15 is 0 Å². The molecule has 1 saturated carbocycles. The Balaban J connectivity index is 1.69. The topological polar surface area (TPSA) is 55.6 Å². The van der Waals surface area contributed by atoms with E-state index < -0.39 is 0 Å². The predicted molar refractivity (Wildman–Crippen MR) is 59.0 cm³/mol. The largest absolute Gasteiger partial charge is 0.310 e. The van der Waals surface area contributed by atoms with Gasteiger partial charge in [0.2, 0.25) is 5.95 Å².